The standard InChI is InChI=1S/C23H28N4O2S/c1-2-29-20(28)12-23-7-3-4-17(11-23)14-27(15-23)13-16-5-6-19-18(10-16)26-21-22(30-19)25-9-8-24-21/h5-6,8-10,17H,2-4,7,11-15H2,1H3,(H,24,26). The second kappa shape index (κ2) is 8.19. The van der Waals surface area contributed by atoms with Crippen molar-refractivity contribution in [1.29, 1.82) is 0 Å². The third kappa shape index (κ3) is 4.05. The van der Waals surface area contributed by atoms with Crippen LogP contribution < -0.4 is 5.32 Å². The molecule has 0 radical (unpaired) electrons. The van der Waals surface area contributed by atoms with E-state index in [4.69, 9.17) is 4.74 Å². The maximum Gasteiger partial charge on any atom is 0.306 e. The minimum atomic E-state index is -0.0326. The molecule has 1 saturated heterocycles. The van der Waals surface area contributed by atoms with Crippen LogP contribution in [-0.4, -0.2) is 40.5 Å². The average molecular weight is 425 g/mol. The number of likely N-dealkylation sites (tertiary alicyclic amines) is 1. The predicted molar refractivity (Wildman–Crippen MR) is 117 cm³/mol. The fourth-order valence-corrected chi connectivity index (χ4v) is 6.36. The van der Waals surface area contributed by atoms with Crippen molar-refractivity contribution >= 4 is 29.2 Å². The number of aromatic nitrogens is 2. The number of esters is 1. The second-order valence-corrected chi connectivity index (χ2v) is 9.91. The normalized spacial score (nSPS) is 25.0. The van der Waals surface area contributed by atoms with Gasteiger partial charge in [-0.1, -0.05) is 24.2 Å². The summed E-state index contributed by atoms with van der Waals surface area (Å²) < 4.78 is 5.30. The Kier molecular flexibility index (Phi) is 5.41. The lowest BCUT2D eigenvalue weighted by Crippen LogP contribution is -2.50. The zero-order valence-corrected chi connectivity index (χ0v) is 18.2. The molecule has 158 valence electrons. The van der Waals surface area contributed by atoms with Crippen molar-refractivity contribution in [3.8, 4) is 0 Å². The fourth-order valence-electron chi connectivity index (χ4n) is 5.48. The Labute approximate surface area is 181 Å². The Morgan fingerprint density at radius 3 is 3.17 bits per heavy atom. The molecule has 7 heteroatoms. The molecule has 5 rings (SSSR count). The number of benzene rings is 1. The molecule has 1 aromatic carbocycles. The van der Waals surface area contributed by atoms with E-state index >= 15 is 0 Å². The van der Waals surface area contributed by atoms with Crippen LogP contribution in [0, 0.1) is 11.3 Å². The van der Waals surface area contributed by atoms with Gasteiger partial charge in [-0.05, 0) is 55.2 Å². The third-order valence-corrected chi connectivity index (χ3v) is 7.58. The highest BCUT2D eigenvalue weighted by Gasteiger charge is 2.43. The summed E-state index contributed by atoms with van der Waals surface area (Å²) in [6.45, 7) is 5.37. The van der Waals surface area contributed by atoms with Crippen LogP contribution in [0.3, 0.4) is 0 Å². The zero-order chi connectivity index (χ0) is 20.6. The molecule has 0 amide bonds. The number of rotatable bonds is 5. The van der Waals surface area contributed by atoms with E-state index in [9.17, 15) is 4.79 Å². The highest BCUT2D eigenvalue weighted by atomic mass is 32.2. The van der Waals surface area contributed by atoms with Crippen molar-refractivity contribution < 1.29 is 9.53 Å². The highest BCUT2D eigenvalue weighted by molar-refractivity contribution is 7.99. The van der Waals surface area contributed by atoms with Gasteiger partial charge in [0.25, 0.3) is 0 Å². The van der Waals surface area contributed by atoms with Gasteiger partial charge in [0.05, 0.1) is 18.7 Å². The van der Waals surface area contributed by atoms with Gasteiger partial charge in [-0.25, -0.2) is 9.97 Å². The molecule has 2 aliphatic heterocycles. The van der Waals surface area contributed by atoms with Gasteiger partial charge in [0, 0.05) is 36.9 Å². The Morgan fingerprint density at radius 2 is 2.27 bits per heavy atom. The quantitative estimate of drug-likeness (QED) is 0.599. The lowest BCUT2D eigenvalue weighted by atomic mass is 9.65. The van der Waals surface area contributed by atoms with Crippen molar-refractivity contribution in [2.24, 2.45) is 11.3 Å². The van der Waals surface area contributed by atoms with Gasteiger partial charge >= 0.3 is 5.97 Å². The molecule has 2 atom stereocenters. The molecule has 2 fully saturated rings. The number of hydrogen-bond acceptors (Lipinski definition) is 7. The van der Waals surface area contributed by atoms with Gasteiger partial charge < -0.3 is 10.1 Å². The number of carbonyl (C=O) groups excluding carboxylic acids is 1. The van der Waals surface area contributed by atoms with Crippen LogP contribution in [0.2, 0.25) is 0 Å². The molecule has 0 spiro atoms. The number of ether oxygens (including phenoxy) is 1. The van der Waals surface area contributed by atoms with E-state index < -0.39 is 0 Å². The molecular weight excluding hydrogens is 396 g/mol. The number of nitrogens with one attached hydrogen (secondary N) is 1. The summed E-state index contributed by atoms with van der Waals surface area (Å²) in [5.41, 5.74) is 2.48. The monoisotopic (exact) mass is 424 g/mol. The minimum Gasteiger partial charge on any atom is -0.466 e. The third-order valence-electron chi connectivity index (χ3n) is 6.52. The van der Waals surface area contributed by atoms with E-state index in [0.717, 1.165) is 42.6 Å². The lowest BCUT2D eigenvalue weighted by molar-refractivity contribution is -0.148. The number of fused-ring (bicyclic) bond motifs is 4. The molecule has 1 saturated carbocycles. The van der Waals surface area contributed by atoms with Gasteiger partial charge in [-0.2, -0.15) is 0 Å². The maximum atomic E-state index is 12.3. The Hall–Kier alpha value is -2.12. The first-order valence-electron chi connectivity index (χ1n) is 10.9. The Bertz CT molecular complexity index is 953. The van der Waals surface area contributed by atoms with E-state index in [1.165, 1.54) is 29.7 Å². The molecule has 2 bridgehead atoms. The number of carbonyl (C=O) groups is 1. The minimum absolute atomic E-state index is 0.0326. The first-order valence-corrected chi connectivity index (χ1v) is 11.7. The molecular formula is C23H28N4O2S. The summed E-state index contributed by atoms with van der Waals surface area (Å²) in [5.74, 6) is 1.48. The van der Waals surface area contributed by atoms with Crippen LogP contribution in [0.5, 0.6) is 0 Å². The van der Waals surface area contributed by atoms with Gasteiger partial charge in [0.15, 0.2) is 5.82 Å². The molecule has 1 aromatic heterocycles. The lowest BCUT2D eigenvalue weighted by Gasteiger charge is -2.49. The van der Waals surface area contributed by atoms with E-state index in [2.05, 4.69) is 38.4 Å². The molecule has 30 heavy (non-hydrogen) atoms. The number of nitrogens with zero attached hydrogens (tertiary/aromatic N) is 3. The van der Waals surface area contributed by atoms with E-state index in [1.54, 1.807) is 24.2 Å². The molecule has 2 unspecified atom stereocenters. The molecule has 6 nitrogen and oxygen atoms in total. The number of hydrogen-bond donors (Lipinski definition) is 1. The summed E-state index contributed by atoms with van der Waals surface area (Å²) in [4.78, 5) is 24.8. The maximum absolute atomic E-state index is 12.3. The van der Waals surface area contributed by atoms with E-state index in [1.807, 2.05) is 6.92 Å². The summed E-state index contributed by atoms with van der Waals surface area (Å²) in [6, 6.07) is 6.64. The first-order chi connectivity index (χ1) is 14.6. The van der Waals surface area contributed by atoms with Crippen molar-refractivity contribution in [2.75, 3.05) is 25.0 Å². The van der Waals surface area contributed by atoms with Crippen molar-refractivity contribution in [3.63, 3.8) is 0 Å². The molecule has 2 aromatic rings. The van der Waals surface area contributed by atoms with Crippen LogP contribution in [0.4, 0.5) is 11.5 Å². The van der Waals surface area contributed by atoms with Crippen LogP contribution in [0.15, 0.2) is 40.5 Å². The average Bonchev–Trinajstić information content (AvgIpc) is 2.72. The van der Waals surface area contributed by atoms with Crippen LogP contribution in [0.25, 0.3) is 0 Å². The first kappa shape index (κ1) is 19.8. The molecule has 1 aliphatic carbocycles. The Balaban J connectivity index is 1.31. The van der Waals surface area contributed by atoms with Gasteiger partial charge in [-0.15, -0.1) is 0 Å². The smallest absolute Gasteiger partial charge is 0.306 e. The van der Waals surface area contributed by atoms with Gasteiger partial charge in [0.1, 0.15) is 5.03 Å². The summed E-state index contributed by atoms with van der Waals surface area (Å²) in [7, 11) is 0. The van der Waals surface area contributed by atoms with Crippen LogP contribution >= 0.6 is 11.8 Å². The topological polar surface area (TPSA) is 67.3 Å². The van der Waals surface area contributed by atoms with Crippen molar-refractivity contribution in [2.45, 2.75) is 55.5 Å². The van der Waals surface area contributed by atoms with Gasteiger partial charge in [0.2, 0.25) is 0 Å². The number of piperidine rings is 1. The Morgan fingerprint density at radius 1 is 1.37 bits per heavy atom. The highest BCUT2D eigenvalue weighted by Crippen LogP contribution is 2.47. The molecule has 1 N–H and O–H groups in total. The second-order valence-electron chi connectivity index (χ2n) is 8.88. The predicted octanol–water partition coefficient (Wildman–Crippen LogP) is 4.63. The van der Waals surface area contributed by atoms with Crippen LogP contribution in [-0.2, 0) is 16.1 Å². The van der Waals surface area contributed by atoms with Crippen molar-refractivity contribution in [1.82, 2.24) is 14.9 Å². The zero-order valence-electron chi connectivity index (χ0n) is 17.4. The van der Waals surface area contributed by atoms with Gasteiger partial charge in [-0.3, -0.25) is 9.69 Å². The summed E-state index contributed by atoms with van der Waals surface area (Å²) >= 11 is 1.66. The molecule has 3 heterocycles. The van der Waals surface area contributed by atoms with Crippen molar-refractivity contribution in [3.05, 3.63) is 36.2 Å². The van der Waals surface area contributed by atoms with E-state index in [0.29, 0.717) is 18.9 Å². The SMILES string of the molecule is CCOC(=O)CC12CCCC(CN(Cc3ccc4c(c3)Nc3nccnc3S4)C1)C2. The summed E-state index contributed by atoms with van der Waals surface area (Å²) in [6.07, 6.45) is 8.82. The largest absolute Gasteiger partial charge is 0.466 e. The summed E-state index contributed by atoms with van der Waals surface area (Å²) in [5, 5.41) is 4.35. The van der Waals surface area contributed by atoms with E-state index in [-0.39, 0.29) is 11.4 Å². The molecule has 3 aliphatic rings. The fraction of sp³-hybridized carbons (Fsp3) is 0.522. The number of anilines is 2. The van der Waals surface area contributed by atoms with Crippen LogP contribution in [0.1, 0.15) is 44.6 Å².